The minimum atomic E-state index is -0.507. The highest BCUT2D eigenvalue weighted by Gasteiger charge is 2.29. The number of nitrogens with one attached hydrogen (secondary N) is 1. The molecule has 0 spiro atoms. The molecule has 168 valence electrons. The van der Waals surface area contributed by atoms with Gasteiger partial charge in [0.25, 0.3) is 17.5 Å². The molecule has 33 heavy (non-hydrogen) atoms. The number of hydrogen-bond donors (Lipinski definition) is 1. The number of carbonyl (C=O) groups is 2. The first-order chi connectivity index (χ1) is 16.0. The Morgan fingerprint density at radius 2 is 1.70 bits per heavy atom. The van der Waals surface area contributed by atoms with Crippen LogP contribution in [0.4, 0.5) is 11.4 Å². The van der Waals surface area contributed by atoms with Crippen molar-refractivity contribution in [3.05, 3.63) is 100 Å². The molecule has 1 unspecified atom stereocenters. The summed E-state index contributed by atoms with van der Waals surface area (Å²) in [5.41, 5.74) is 2.01. The maximum atomic E-state index is 13.2. The zero-order valence-corrected chi connectivity index (χ0v) is 17.8. The number of ether oxygens (including phenoxy) is 1. The van der Waals surface area contributed by atoms with Gasteiger partial charge in [-0.2, -0.15) is 0 Å². The Morgan fingerprint density at radius 3 is 2.42 bits per heavy atom. The molecule has 1 N–H and O–H groups in total. The van der Waals surface area contributed by atoms with E-state index in [-0.39, 0.29) is 18.2 Å². The number of amides is 2. The van der Waals surface area contributed by atoms with Crippen LogP contribution in [0.5, 0.6) is 5.75 Å². The van der Waals surface area contributed by atoms with E-state index in [1.165, 1.54) is 29.8 Å². The van der Waals surface area contributed by atoms with Gasteiger partial charge >= 0.3 is 0 Å². The minimum Gasteiger partial charge on any atom is -0.484 e. The van der Waals surface area contributed by atoms with Crippen LogP contribution in [-0.4, -0.2) is 41.3 Å². The molecule has 8 nitrogen and oxygen atoms in total. The third kappa shape index (κ3) is 5.35. The van der Waals surface area contributed by atoms with Crippen molar-refractivity contribution >= 4 is 23.2 Å². The van der Waals surface area contributed by atoms with Crippen molar-refractivity contribution in [2.45, 2.75) is 12.3 Å². The summed E-state index contributed by atoms with van der Waals surface area (Å²) in [5, 5.41) is 13.5. The van der Waals surface area contributed by atoms with Crippen LogP contribution in [-0.2, 0) is 4.79 Å². The zero-order chi connectivity index (χ0) is 23.2. The second kappa shape index (κ2) is 9.95. The largest absolute Gasteiger partial charge is 0.484 e. The lowest BCUT2D eigenvalue weighted by Crippen LogP contribution is -2.30. The van der Waals surface area contributed by atoms with Gasteiger partial charge in [-0.25, -0.2) is 0 Å². The Balaban J connectivity index is 1.37. The number of anilines is 1. The molecule has 1 heterocycles. The van der Waals surface area contributed by atoms with Crippen molar-refractivity contribution in [3.8, 4) is 5.75 Å². The first-order valence-electron chi connectivity index (χ1n) is 10.6. The number of nitro benzene ring substituents is 1. The fraction of sp³-hybridized carbons (Fsp3) is 0.200. The molecule has 1 saturated heterocycles. The molecule has 3 aromatic carbocycles. The Bertz CT molecular complexity index is 1150. The summed E-state index contributed by atoms with van der Waals surface area (Å²) in [7, 11) is 0. The molecule has 1 fully saturated rings. The fourth-order valence-corrected chi connectivity index (χ4v) is 3.89. The highest BCUT2D eigenvalue weighted by Crippen LogP contribution is 2.29. The van der Waals surface area contributed by atoms with Crippen LogP contribution in [0, 0.1) is 10.1 Å². The standard InChI is InChI=1S/C25H23N3O5/c29-24(17-33-21-12-10-20(11-13-21)28(31)32)26-23-9-5-4-8-22(23)25(30)27-15-14-19(16-27)18-6-2-1-3-7-18/h1-13,19H,14-17H2,(H,26,29). The number of nitro groups is 1. The fourth-order valence-electron chi connectivity index (χ4n) is 3.89. The summed E-state index contributed by atoms with van der Waals surface area (Å²) in [6, 6.07) is 22.5. The van der Waals surface area contributed by atoms with Crippen LogP contribution in [0.2, 0.25) is 0 Å². The van der Waals surface area contributed by atoms with Crippen molar-refractivity contribution in [2.24, 2.45) is 0 Å². The van der Waals surface area contributed by atoms with Crippen LogP contribution in [0.15, 0.2) is 78.9 Å². The number of carbonyl (C=O) groups excluding carboxylic acids is 2. The number of benzene rings is 3. The molecule has 1 aliphatic heterocycles. The third-order valence-electron chi connectivity index (χ3n) is 5.60. The molecular weight excluding hydrogens is 422 g/mol. The molecule has 4 rings (SSSR count). The highest BCUT2D eigenvalue weighted by atomic mass is 16.6. The van der Waals surface area contributed by atoms with Crippen LogP contribution in [0.3, 0.4) is 0 Å². The van der Waals surface area contributed by atoms with Gasteiger partial charge in [0.15, 0.2) is 6.61 Å². The number of hydrogen-bond acceptors (Lipinski definition) is 5. The Hall–Kier alpha value is -4.20. The van der Waals surface area contributed by atoms with Crippen LogP contribution in [0.1, 0.15) is 28.3 Å². The topological polar surface area (TPSA) is 102 Å². The van der Waals surface area contributed by atoms with E-state index in [0.717, 1.165) is 6.42 Å². The summed E-state index contributed by atoms with van der Waals surface area (Å²) in [5.74, 6) is 0.0777. The van der Waals surface area contributed by atoms with Gasteiger partial charge in [-0.05, 0) is 36.2 Å². The number of likely N-dealkylation sites (tertiary alicyclic amines) is 1. The van der Waals surface area contributed by atoms with E-state index >= 15 is 0 Å². The number of non-ortho nitro benzene ring substituents is 1. The average molecular weight is 445 g/mol. The van der Waals surface area contributed by atoms with Crippen molar-refractivity contribution in [1.29, 1.82) is 0 Å². The van der Waals surface area contributed by atoms with Crippen LogP contribution in [0.25, 0.3) is 0 Å². The lowest BCUT2D eigenvalue weighted by Gasteiger charge is -2.19. The van der Waals surface area contributed by atoms with E-state index in [0.29, 0.717) is 36.0 Å². The molecule has 0 aliphatic carbocycles. The number of rotatable bonds is 7. The predicted octanol–water partition coefficient (Wildman–Crippen LogP) is 4.24. The van der Waals surface area contributed by atoms with Gasteiger partial charge in [0, 0.05) is 31.1 Å². The molecule has 1 atom stereocenters. The molecule has 0 aromatic heterocycles. The summed E-state index contributed by atoms with van der Waals surface area (Å²) in [4.78, 5) is 37.6. The van der Waals surface area contributed by atoms with E-state index in [1.54, 1.807) is 24.3 Å². The summed E-state index contributed by atoms with van der Waals surface area (Å²) >= 11 is 0. The van der Waals surface area contributed by atoms with E-state index in [4.69, 9.17) is 4.74 Å². The minimum absolute atomic E-state index is 0.0596. The van der Waals surface area contributed by atoms with Crippen molar-refractivity contribution in [1.82, 2.24) is 4.90 Å². The predicted molar refractivity (Wildman–Crippen MR) is 123 cm³/mol. The van der Waals surface area contributed by atoms with Crippen molar-refractivity contribution < 1.29 is 19.2 Å². The summed E-state index contributed by atoms with van der Waals surface area (Å²) in [6.07, 6.45) is 0.896. The molecular formula is C25H23N3O5. The average Bonchev–Trinajstić information content (AvgIpc) is 3.34. The maximum Gasteiger partial charge on any atom is 0.269 e. The number of para-hydroxylation sites is 1. The summed E-state index contributed by atoms with van der Waals surface area (Å²) in [6.45, 7) is 0.998. The molecule has 3 aromatic rings. The van der Waals surface area contributed by atoms with Gasteiger partial charge in [0.2, 0.25) is 0 Å². The Morgan fingerprint density at radius 1 is 1.00 bits per heavy atom. The van der Waals surface area contributed by atoms with Gasteiger partial charge in [0.1, 0.15) is 5.75 Å². The molecule has 0 radical (unpaired) electrons. The summed E-state index contributed by atoms with van der Waals surface area (Å²) < 4.78 is 5.41. The SMILES string of the molecule is O=C(COc1ccc([N+](=O)[O-])cc1)Nc1ccccc1C(=O)N1CCC(c2ccccc2)C1. The van der Waals surface area contributed by atoms with E-state index in [2.05, 4.69) is 17.4 Å². The monoisotopic (exact) mass is 445 g/mol. The molecule has 0 saturated carbocycles. The lowest BCUT2D eigenvalue weighted by atomic mass is 9.99. The zero-order valence-electron chi connectivity index (χ0n) is 17.8. The van der Waals surface area contributed by atoms with E-state index in [9.17, 15) is 19.7 Å². The number of nitrogens with zero attached hydrogens (tertiary/aromatic N) is 2. The lowest BCUT2D eigenvalue weighted by molar-refractivity contribution is -0.384. The Labute approximate surface area is 190 Å². The van der Waals surface area contributed by atoms with E-state index in [1.807, 2.05) is 23.1 Å². The molecule has 1 aliphatic rings. The van der Waals surface area contributed by atoms with Gasteiger partial charge in [-0.3, -0.25) is 19.7 Å². The first-order valence-corrected chi connectivity index (χ1v) is 10.6. The van der Waals surface area contributed by atoms with Crippen molar-refractivity contribution in [2.75, 3.05) is 25.0 Å². The van der Waals surface area contributed by atoms with Crippen molar-refractivity contribution in [3.63, 3.8) is 0 Å². The molecule has 2 amide bonds. The van der Waals surface area contributed by atoms with Gasteiger partial charge < -0.3 is 15.0 Å². The second-order valence-electron chi connectivity index (χ2n) is 7.78. The highest BCUT2D eigenvalue weighted by molar-refractivity contribution is 6.04. The normalized spacial score (nSPS) is 15.2. The first kappa shape index (κ1) is 22.0. The second-order valence-corrected chi connectivity index (χ2v) is 7.78. The van der Waals surface area contributed by atoms with Gasteiger partial charge in [-0.15, -0.1) is 0 Å². The Kier molecular flexibility index (Phi) is 6.64. The van der Waals surface area contributed by atoms with E-state index < -0.39 is 10.8 Å². The van der Waals surface area contributed by atoms with Crippen LogP contribution >= 0.6 is 0 Å². The molecule has 8 heteroatoms. The molecule has 0 bridgehead atoms. The van der Waals surface area contributed by atoms with Gasteiger partial charge in [0.05, 0.1) is 16.2 Å². The van der Waals surface area contributed by atoms with Crippen LogP contribution < -0.4 is 10.1 Å². The van der Waals surface area contributed by atoms with Gasteiger partial charge in [-0.1, -0.05) is 42.5 Å². The smallest absolute Gasteiger partial charge is 0.269 e. The maximum absolute atomic E-state index is 13.2. The quantitative estimate of drug-likeness (QED) is 0.433. The third-order valence-corrected chi connectivity index (χ3v) is 5.60.